The van der Waals surface area contributed by atoms with Gasteiger partial charge in [0, 0.05) is 29.6 Å². The van der Waals surface area contributed by atoms with Crippen molar-refractivity contribution >= 4 is 15.9 Å². The molecule has 1 aromatic rings. The lowest BCUT2D eigenvalue weighted by Gasteiger charge is -2.21. The van der Waals surface area contributed by atoms with Gasteiger partial charge in [-0.1, -0.05) is 35.0 Å². The highest BCUT2D eigenvalue weighted by Crippen LogP contribution is 2.25. The number of nitrogens with zero attached hydrogens (tertiary/aromatic N) is 1. The van der Waals surface area contributed by atoms with Gasteiger partial charge in [0.05, 0.1) is 0 Å². The second-order valence-electron chi connectivity index (χ2n) is 5.55. The molecule has 0 radical (unpaired) electrons. The first-order valence-electron chi connectivity index (χ1n) is 7.41. The zero-order valence-corrected chi connectivity index (χ0v) is 13.6. The Kier molecular flexibility index (Phi) is 5.86. The smallest absolute Gasteiger partial charge is 0.0175 e. The van der Waals surface area contributed by atoms with E-state index >= 15 is 0 Å². The Labute approximate surface area is 125 Å². The van der Waals surface area contributed by atoms with Gasteiger partial charge in [0.15, 0.2) is 0 Å². The molecule has 1 aliphatic carbocycles. The van der Waals surface area contributed by atoms with E-state index in [1.54, 1.807) is 0 Å². The number of nitrogens with one attached hydrogen (secondary N) is 1. The van der Waals surface area contributed by atoms with Gasteiger partial charge in [0.25, 0.3) is 0 Å². The first-order valence-corrected chi connectivity index (χ1v) is 8.20. The first-order chi connectivity index (χ1) is 9.19. The summed E-state index contributed by atoms with van der Waals surface area (Å²) in [5, 5.41) is 3.64. The molecule has 106 valence electrons. The number of benzene rings is 1. The summed E-state index contributed by atoms with van der Waals surface area (Å²) in [4.78, 5) is 2.60. The molecule has 3 heteroatoms. The average molecular weight is 325 g/mol. The highest BCUT2D eigenvalue weighted by atomic mass is 79.9. The molecule has 0 heterocycles. The third kappa shape index (κ3) is 5.25. The van der Waals surface area contributed by atoms with E-state index in [1.807, 2.05) is 0 Å². The fourth-order valence-corrected chi connectivity index (χ4v) is 2.80. The van der Waals surface area contributed by atoms with Gasteiger partial charge in [0.2, 0.25) is 0 Å². The maximum Gasteiger partial charge on any atom is 0.0175 e. The molecule has 2 rings (SSSR count). The van der Waals surface area contributed by atoms with Crippen LogP contribution < -0.4 is 5.32 Å². The van der Waals surface area contributed by atoms with Gasteiger partial charge in [-0.3, -0.25) is 4.90 Å². The molecule has 1 aromatic carbocycles. The van der Waals surface area contributed by atoms with Crippen molar-refractivity contribution < 1.29 is 0 Å². The Hall–Kier alpha value is -0.380. The van der Waals surface area contributed by atoms with Gasteiger partial charge < -0.3 is 5.32 Å². The lowest BCUT2D eigenvalue weighted by atomic mass is 10.1. The van der Waals surface area contributed by atoms with Gasteiger partial charge in [-0.25, -0.2) is 0 Å². The minimum atomic E-state index is 0.541. The summed E-state index contributed by atoms with van der Waals surface area (Å²) in [7, 11) is 0. The molecule has 1 aliphatic rings. The summed E-state index contributed by atoms with van der Waals surface area (Å²) in [5.41, 5.74) is 1.40. The van der Waals surface area contributed by atoms with Crippen LogP contribution in [0.1, 0.15) is 32.3 Å². The van der Waals surface area contributed by atoms with Gasteiger partial charge in [-0.05, 0) is 50.4 Å². The average Bonchev–Trinajstić information content (AvgIpc) is 3.22. The molecule has 1 atom stereocenters. The zero-order chi connectivity index (χ0) is 13.7. The Morgan fingerprint density at radius 1 is 1.32 bits per heavy atom. The van der Waals surface area contributed by atoms with Crippen LogP contribution in [0.25, 0.3) is 0 Å². The van der Waals surface area contributed by atoms with E-state index in [4.69, 9.17) is 0 Å². The van der Waals surface area contributed by atoms with Crippen LogP contribution in [0.4, 0.5) is 0 Å². The summed E-state index contributed by atoms with van der Waals surface area (Å²) in [6.07, 6.45) is 3.91. The molecule has 19 heavy (non-hydrogen) atoms. The van der Waals surface area contributed by atoms with E-state index in [1.165, 1.54) is 31.5 Å². The highest BCUT2D eigenvalue weighted by molar-refractivity contribution is 9.10. The molecule has 0 amide bonds. The topological polar surface area (TPSA) is 15.3 Å². The second-order valence-corrected chi connectivity index (χ2v) is 6.46. The van der Waals surface area contributed by atoms with E-state index in [2.05, 4.69) is 64.3 Å². The third-order valence-corrected chi connectivity index (χ3v) is 4.35. The lowest BCUT2D eigenvalue weighted by molar-refractivity contribution is 0.273. The van der Waals surface area contributed by atoms with Crippen molar-refractivity contribution in [1.82, 2.24) is 10.2 Å². The van der Waals surface area contributed by atoms with Gasteiger partial charge >= 0.3 is 0 Å². The van der Waals surface area contributed by atoms with Crippen molar-refractivity contribution in [2.75, 3.05) is 19.6 Å². The van der Waals surface area contributed by atoms with Gasteiger partial charge in [-0.15, -0.1) is 0 Å². The predicted octanol–water partition coefficient (Wildman–Crippen LogP) is 3.45. The molecule has 2 nitrogen and oxygen atoms in total. The number of likely N-dealkylation sites (N-methyl/N-ethyl adjacent to an activating group) is 1. The van der Waals surface area contributed by atoms with Gasteiger partial charge in [-0.2, -0.15) is 0 Å². The molecule has 0 aromatic heterocycles. The van der Waals surface area contributed by atoms with E-state index in [9.17, 15) is 0 Å². The molecule has 0 saturated heterocycles. The maximum atomic E-state index is 3.64. The predicted molar refractivity (Wildman–Crippen MR) is 85.6 cm³/mol. The Balaban J connectivity index is 1.66. The van der Waals surface area contributed by atoms with Crippen LogP contribution in [0.3, 0.4) is 0 Å². The van der Waals surface area contributed by atoms with Crippen LogP contribution in [0.5, 0.6) is 0 Å². The van der Waals surface area contributed by atoms with Crippen molar-refractivity contribution in [3.8, 4) is 0 Å². The molecule has 0 bridgehead atoms. The molecule has 1 N–H and O–H groups in total. The summed E-state index contributed by atoms with van der Waals surface area (Å²) >= 11 is 3.48. The third-order valence-electron chi connectivity index (χ3n) is 3.82. The largest absolute Gasteiger partial charge is 0.313 e. The molecule has 0 spiro atoms. The molecule has 1 fully saturated rings. The Morgan fingerprint density at radius 2 is 2.00 bits per heavy atom. The highest BCUT2D eigenvalue weighted by Gasteiger charge is 2.27. The summed E-state index contributed by atoms with van der Waals surface area (Å²) in [5.74, 6) is 0. The quantitative estimate of drug-likeness (QED) is 0.787. The van der Waals surface area contributed by atoms with Crippen molar-refractivity contribution in [2.24, 2.45) is 0 Å². The van der Waals surface area contributed by atoms with E-state index in [0.29, 0.717) is 6.04 Å². The number of hydrogen-bond acceptors (Lipinski definition) is 2. The fraction of sp³-hybridized carbons (Fsp3) is 0.625. The summed E-state index contributed by atoms with van der Waals surface area (Å²) < 4.78 is 1.15. The van der Waals surface area contributed by atoms with Crippen LogP contribution in [0.15, 0.2) is 28.7 Å². The minimum Gasteiger partial charge on any atom is -0.313 e. The summed E-state index contributed by atoms with van der Waals surface area (Å²) in [6, 6.07) is 10.1. The SMILES string of the molecule is CCN(CCNC(C)Cc1ccc(Br)cc1)C1CC1. The molecule has 0 aliphatic heterocycles. The van der Waals surface area contributed by atoms with E-state index in [-0.39, 0.29) is 0 Å². The molecule has 1 saturated carbocycles. The molecule has 1 unspecified atom stereocenters. The van der Waals surface area contributed by atoms with Crippen LogP contribution >= 0.6 is 15.9 Å². The van der Waals surface area contributed by atoms with Crippen LogP contribution in [0, 0.1) is 0 Å². The van der Waals surface area contributed by atoms with Crippen LogP contribution in [-0.4, -0.2) is 36.6 Å². The number of halogens is 1. The van der Waals surface area contributed by atoms with Crippen molar-refractivity contribution in [2.45, 2.75) is 45.2 Å². The molecular formula is C16H25BrN2. The summed E-state index contributed by atoms with van der Waals surface area (Å²) in [6.45, 7) is 8.01. The van der Waals surface area contributed by atoms with Crippen molar-refractivity contribution in [1.29, 1.82) is 0 Å². The van der Waals surface area contributed by atoms with Gasteiger partial charge in [0.1, 0.15) is 0 Å². The fourth-order valence-electron chi connectivity index (χ4n) is 2.54. The normalized spacial score (nSPS) is 16.8. The Morgan fingerprint density at radius 3 is 2.58 bits per heavy atom. The Bertz CT molecular complexity index is 373. The van der Waals surface area contributed by atoms with Crippen molar-refractivity contribution in [3.63, 3.8) is 0 Å². The zero-order valence-electron chi connectivity index (χ0n) is 12.0. The van der Waals surface area contributed by atoms with E-state index < -0.39 is 0 Å². The standard InChI is InChI=1S/C16H25BrN2/c1-3-19(16-8-9-16)11-10-18-13(2)12-14-4-6-15(17)7-5-14/h4-7,13,16,18H,3,8-12H2,1-2H3. The maximum absolute atomic E-state index is 3.64. The van der Waals surface area contributed by atoms with Crippen LogP contribution in [-0.2, 0) is 6.42 Å². The number of hydrogen-bond donors (Lipinski definition) is 1. The molecular weight excluding hydrogens is 300 g/mol. The van der Waals surface area contributed by atoms with Crippen LogP contribution in [0.2, 0.25) is 0 Å². The van der Waals surface area contributed by atoms with E-state index in [0.717, 1.165) is 23.5 Å². The second kappa shape index (κ2) is 7.41. The monoisotopic (exact) mass is 324 g/mol. The minimum absolute atomic E-state index is 0.541. The number of rotatable bonds is 8. The first kappa shape index (κ1) is 15.0. The van der Waals surface area contributed by atoms with Crippen molar-refractivity contribution in [3.05, 3.63) is 34.3 Å². The lowest BCUT2D eigenvalue weighted by Crippen LogP contribution is -2.37.